The van der Waals surface area contributed by atoms with Gasteiger partial charge in [-0.15, -0.1) is 0 Å². The molecule has 5 rings (SSSR count). The molecule has 0 spiro atoms. The van der Waals surface area contributed by atoms with Crippen LogP contribution in [-0.4, -0.2) is 41.0 Å². The van der Waals surface area contributed by atoms with Crippen LogP contribution in [0.4, 0.5) is 0 Å². The summed E-state index contributed by atoms with van der Waals surface area (Å²) in [6.45, 7) is 1.03. The van der Waals surface area contributed by atoms with Gasteiger partial charge in [0.2, 0.25) is 0 Å². The number of para-hydroxylation sites is 1. The van der Waals surface area contributed by atoms with Crippen molar-refractivity contribution in [1.29, 1.82) is 0 Å². The number of benzene rings is 1. The monoisotopic (exact) mass is 324 g/mol. The minimum atomic E-state index is -0.117. The van der Waals surface area contributed by atoms with E-state index in [9.17, 15) is 4.79 Å². The molecule has 3 aliphatic rings. The van der Waals surface area contributed by atoms with Crippen molar-refractivity contribution in [2.24, 2.45) is 0 Å². The molecule has 1 saturated carbocycles. The highest BCUT2D eigenvalue weighted by molar-refractivity contribution is 5.85. The molecule has 0 bridgehead atoms. The molecule has 0 amide bonds. The topological polar surface area (TPSA) is 45.3 Å². The van der Waals surface area contributed by atoms with Gasteiger partial charge in [-0.3, -0.25) is 9.69 Å². The fourth-order valence-corrected chi connectivity index (χ4v) is 5.47. The van der Waals surface area contributed by atoms with E-state index in [0.29, 0.717) is 24.7 Å². The summed E-state index contributed by atoms with van der Waals surface area (Å²) in [6, 6.07) is 9.26. The first-order valence-electron chi connectivity index (χ1n) is 9.14. The number of aromatic amines is 1. The van der Waals surface area contributed by atoms with Crippen molar-refractivity contribution in [2.75, 3.05) is 13.7 Å². The smallest absolute Gasteiger partial charge is 0.134 e. The molecule has 3 heterocycles. The van der Waals surface area contributed by atoms with Crippen molar-refractivity contribution in [3.63, 3.8) is 0 Å². The molecule has 126 valence electrons. The average Bonchev–Trinajstić information content (AvgIpc) is 3.00. The molecule has 0 radical (unpaired) electrons. The molecule has 2 fully saturated rings. The van der Waals surface area contributed by atoms with Gasteiger partial charge < -0.3 is 9.72 Å². The summed E-state index contributed by atoms with van der Waals surface area (Å²) in [6.07, 6.45) is 5.44. The number of nitrogens with zero attached hydrogens (tertiary/aromatic N) is 1. The number of rotatable bonds is 1. The molecule has 3 unspecified atom stereocenters. The second-order valence-corrected chi connectivity index (χ2v) is 7.63. The summed E-state index contributed by atoms with van der Waals surface area (Å²) < 4.78 is 6.02. The molecule has 1 aromatic carbocycles. The highest BCUT2D eigenvalue weighted by Gasteiger charge is 2.52. The molecule has 3 atom stereocenters. The number of Topliss-reactive ketones (excluding diaryl/α,β-unsaturated/α-hetero) is 1. The van der Waals surface area contributed by atoms with Crippen LogP contribution in [0, 0.1) is 0 Å². The van der Waals surface area contributed by atoms with Crippen LogP contribution in [0.25, 0.3) is 10.9 Å². The van der Waals surface area contributed by atoms with Gasteiger partial charge in [0.25, 0.3) is 0 Å². The van der Waals surface area contributed by atoms with Gasteiger partial charge in [-0.25, -0.2) is 0 Å². The van der Waals surface area contributed by atoms with E-state index in [2.05, 4.69) is 34.1 Å². The lowest BCUT2D eigenvalue weighted by Gasteiger charge is -2.55. The Morgan fingerprint density at radius 3 is 3.00 bits per heavy atom. The van der Waals surface area contributed by atoms with Crippen LogP contribution >= 0.6 is 0 Å². The average molecular weight is 324 g/mol. The number of H-pyrrole nitrogens is 1. The zero-order valence-corrected chi connectivity index (χ0v) is 14.2. The van der Waals surface area contributed by atoms with Crippen LogP contribution in [0.3, 0.4) is 0 Å². The molecule has 1 N–H and O–H groups in total. The zero-order chi connectivity index (χ0) is 16.3. The highest BCUT2D eigenvalue weighted by Crippen LogP contribution is 2.49. The van der Waals surface area contributed by atoms with E-state index < -0.39 is 0 Å². The molecule has 1 saturated heterocycles. The van der Waals surface area contributed by atoms with E-state index in [-0.39, 0.29) is 11.6 Å². The highest BCUT2D eigenvalue weighted by atomic mass is 16.5. The molecule has 24 heavy (non-hydrogen) atoms. The van der Waals surface area contributed by atoms with Gasteiger partial charge in [-0.2, -0.15) is 0 Å². The van der Waals surface area contributed by atoms with E-state index in [4.69, 9.17) is 4.74 Å². The number of piperidine rings is 1. The Bertz CT molecular complexity index is 811. The third kappa shape index (κ3) is 1.90. The Labute approximate surface area is 142 Å². The number of hydrogen-bond donors (Lipinski definition) is 1. The number of methoxy groups -OCH3 is 1. The van der Waals surface area contributed by atoms with Crippen molar-refractivity contribution >= 4 is 16.7 Å². The lowest BCUT2D eigenvalue weighted by molar-refractivity contribution is -0.159. The summed E-state index contributed by atoms with van der Waals surface area (Å²) in [7, 11) is 1.83. The Kier molecular flexibility index (Phi) is 3.16. The number of nitrogens with one attached hydrogen (secondary N) is 1. The van der Waals surface area contributed by atoms with Gasteiger partial charge in [0.15, 0.2) is 0 Å². The minimum absolute atomic E-state index is 0.117. The quantitative estimate of drug-likeness (QED) is 0.875. The molecule has 4 heteroatoms. The summed E-state index contributed by atoms with van der Waals surface area (Å²) in [5.74, 6) is 0.399. The fourth-order valence-electron chi connectivity index (χ4n) is 5.47. The fraction of sp³-hybridized carbons (Fsp3) is 0.550. The minimum Gasteiger partial charge on any atom is -0.377 e. The third-order valence-electron chi connectivity index (χ3n) is 6.70. The number of hydrogen-bond acceptors (Lipinski definition) is 3. The van der Waals surface area contributed by atoms with Gasteiger partial charge >= 0.3 is 0 Å². The Hall–Kier alpha value is -1.65. The maximum atomic E-state index is 12.1. The van der Waals surface area contributed by atoms with Crippen molar-refractivity contribution in [2.45, 2.75) is 56.2 Å². The number of aromatic nitrogens is 1. The summed E-state index contributed by atoms with van der Waals surface area (Å²) in [5.41, 5.74) is 3.99. The van der Waals surface area contributed by atoms with E-state index in [0.717, 1.165) is 32.2 Å². The van der Waals surface area contributed by atoms with Gasteiger partial charge in [-0.1, -0.05) is 18.2 Å². The van der Waals surface area contributed by atoms with Crippen LogP contribution in [0.2, 0.25) is 0 Å². The van der Waals surface area contributed by atoms with E-state index >= 15 is 0 Å². The van der Waals surface area contributed by atoms with E-state index in [1.807, 2.05) is 7.11 Å². The first-order valence-corrected chi connectivity index (χ1v) is 9.14. The predicted molar refractivity (Wildman–Crippen MR) is 93.1 cm³/mol. The summed E-state index contributed by atoms with van der Waals surface area (Å²) >= 11 is 0. The maximum Gasteiger partial charge on any atom is 0.134 e. The van der Waals surface area contributed by atoms with Gasteiger partial charge in [0.05, 0.1) is 11.6 Å². The number of fused-ring (bicyclic) bond motifs is 7. The SMILES string of the molecule is COC12CCC(=O)CC1N1CCc3c([nH]c4ccccc34)C1CC2. The van der Waals surface area contributed by atoms with Crippen molar-refractivity contribution < 1.29 is 9.53 Å². The molecular weight excluding hydrogens is 300 g/mol. The first-order chi connectivity index (χ1) is 11.7. The maximum absolute atomic E-state index is 12.1. The number of carbonyl (C=O) groups is 1. The van der Waals surface area contributed by atoms with Crippen LogP contribution in [0.5, 0.6) is 0 Å². The second-order valence-electron chi connectivity index (χ2n) is 7.63. The van der Waals surface area contributed by atoms with Crippen molar-refractivity contribution in [3.05, 3.63) is 35.5 Å². The van der Waals surface area contributed by atoms with Crippen LogP contribution in [-0.2, 0) is 16.0 Å². The lowest BCUT2D eigenvalue weighted by atomic mass is 9.70. The van der Waals surface area contributed by atoms with Gasteiger partial charge in [0, 0.05) is 49.1 Å². The third-order valence-corrected chi connectivity index (χ3v) is 6.70. The molecule has 2 aliphatic heterocycles. The Morgan fingerprint density at radius 2 is 2.12 bits per heavy atom. The van der Waals surface area contributed by atoms with Crippen LogP contribution < -0.4 is 0 Å². The summed E-state index contributed by atoms with van der Waals surface area (Å²) in [4.78, 5) is 18.4. The number of ketones is 1. The number of ether oxygens (including phenoxy) is 1. The first kappa shape index (κ1) is 14.7. The van der Waals surface area contributed by atoms with Crippen molar-refractivity contribution in [1.82, 2.24) is 9.88 Å². The standard InChI is InChI=1S/C20H24N2O2/c1-24-20-9-6-13(23)12-18(20)22-11-8-15-14-4-2-3-5-16(14)21-19(15)17(22)7-10-20/h2-5,17-18,21H,6-12H2,1H3. The molecular formula is C20H24N2O2. The van der Waals surface area contributed by atoms with E-state index in [1.54, 1.807) is 0 Å². The largest absolute Gasteiger partial charge is 0.377 e. The van der Waals surface area contributed by atoms with Crippen LogP contribution in [0.15, 0.2) is 24.3 Å². The second kappa shape index (κ2) is 5.17. The lowest BCUT2D eigenvalue weighted by Crippen LogP contribution is -2.62. The predicted octanol–water partition coefficient (Wildman–Crippen LogP) is 3.37. The van der Waals surface area contributed by atoms with Gasteiger partial charge in [0.1, 0.15) is 5.78 Å². The molecule has 1 aliphatic carbocycles. The van der Waals surface area contributed by atoms with Gasteiger partial charge in [-0.05, 0) is 37.3 Å². The van der Waals surface area contributed by atoms with E-state index in [1.165, 1.54) is 22.2 Å². The molecule has 2 aromatic rings. The normalized spacial score (nSPS) is 33.1. The Morgan fingerprint density at radius 1 is 1.25 bits per heavy atom. The van der Waals surface area contributed by atoms with Crippen LogP contribution in [0.1, 0.15) is 49.4 Å². The number of carbonyl (C=O) groups excluding carboxylic acids is 1. The Balaban J connectivity index is 1.58. The zero-order valence-electron chi connectivity index (χ0n) is 14.2. The van der Waals surface area contributed by atoms with Crippen molar-refractivity contribution in [3.8, 4) is 0 Å². The molecule has 4 nitrogen and oxygen atoms in total. The summed E-state index contributed by atoms with van der Waals surface area (Å²) in [5, 5.41) is 1.37. The molecule has 1 aromatic heterocycles.